The van der Waals surface area contributed by atoms with Crippen LogP contribution in [0, 0.1) is 40.4 Å². The second kappa shape index (κ2) is 7.85. The van der Waals surface area contributed by atoms with Gasteiger partial charge in [0.2, 0.25) is 0 Å². The van der Waals surface area contributed by atoms with Crippen LogP contribution in [-0.4, -0.2) is 18.4 Å². The molecule has 3 heteroatoms. The van der Waals surface area contributed by atoms with Crippen LogP contribution in [-0.2, 0) is 14.3 Å². The lowest BCUT2D eigenvalue weighted by Crippen LogP contribution is -2.51. The van der Waals surface area contributed by atoms with Gasteiger partial charge in [-0.05, 0) is 105 Å². The number of ketones is 1. The quantitative estimate of drug-likeness (QED) is 0.523. The Morgan fingerprint density at radius 3 is 2.69 bits per heavy atom. The second-order valence-electron chi connectivity index (χ2n) is 11.0. The van der Waals surface area contributed by atoms with Crippen LogP contribution in [0.3, 0.4) is 0 Å². The van der Waals surface area contributed by atoms with Gasteiger partial charge in [0.1, 0.15) is 0 Å². The molecule has 0 N–H and O–H groups in total. The van der Waals surface area contributed by atoms with Crippen molar-refractivity contribution < 1.29 is 14.3 Å². The third-order valence-corrected chi connectivity index (χ3v) is 9.83. The van der Waals surface area contributed by atoms with Crippen LogP contribution in [0.15, 0.2) is 11.6 Å². The molecule has 0 heterocycles. The normalized spacial score (nSPS) is 42.3. The molecule has 0 unspecified atom stereocenters. The Morgan fingerprint density at radius 1 is 1.14 bits per heavy atom. The van der Waals surface area contributed by atoms with E-state index in [1.54, 1.807) is 0 Å². The summed E-state index contributed by atoms with van der Waals surface area (Å²) in [5.41, 5.74) is 2.17. The van der Waals surface area contributed by atoms with Crippen molar-refractivity contribution in [1.82, 2.24) is 0 Å². The second-order valence-corrected chi connectivity index (χ2v) is 11.0. The SMILES string of the molecule is CCOC(=O)CC[C@H](C)[C@@H]1CC[C@@H]2[C@H]3CCC4=CC(=O)CC[C@]4(C)[C@@H]3CC[C@@]21C. The molecule has 3 nitrogen and oxygen atoms in total. The first-order valence-electron chi connectivity index (χ1n) is 12.2. The molecule has 7 atom stereocenters. The molecule has 29 heavy (non-hydrogen) atoms. The molecule has 0 spiro atoms. The summed E-state index contributed by atoms with van der Waals surface area (Å²) >= 11 is 0. The number of hydrogen-bond acceptors (Lipinski definition) is 3. The highest BCUT2D eigenvalue weighted by atomic mass is 16.5. The molecule has 0 amide bonds. The highest BCUT2D eigenvalue weighted by molar-refractivity contribution is 5.91. The van der Waals surface area contributed by atoms with Gasteiger partial charge < -0.3 is 4.74 Å². The fraction of sp³-hybridized carbons (Fsp3) is 0.846. The molecular weight excluding hydrogens is 360 g/mol. The van der Waals surface area contributed by atoms with Gasteiger partial charge in [-0.2, -0.15) is 0 Å². The zero-order chi connectivity index (χ0) is 20.8. The first-order valence-corrected chi connectivity index (χ1v) is 12.2. The standard InChI is InChI=1S/C26H40O3/c1-5-29-24(28)11-6-17(2)21-9-10-22-20-8-7-18-16-19(27)12-14-25(18,3)23(20)13-15-26(21,22)4/h16-17,20-23H,5-15H2,1-4H3/t17-,20+,21-,22+,23+,25-,26+/m0/s1. The molecule has 4 aliphatic rings. The molecule has 0 aromatic heterocycles. The van der Waals surface area contributed by atoms with E-state index in [-0.39, 0.29) is 11.4 Å². The average molecular weight is 401 g/mol. The van der Waals surface area contributed by atoms with Crippen molar-refractivity contribution in [2.45, 2.75) is 91.9 Å². The van der Waals surface area contributed by atoms with Gasteiger partial charge in [0.05, 0.1) is 6.61 Å². The van der Waals surface area contributed by atoms with E-state index in [1.165, 1.54) is 37.7 Å². The lowest BCUT2D eigenvalue weighted by Gasteiger charge is -2.58. The van der Waals surface area contributed by atoms with Gasteiger partial charge in [-0.1, -0.05) is 26.3 Å². The summed E-state index contributed by atoms with van der Waals surface area (Å²) in [4.78, 5) is 23.9. The van der Waals surface area contributed by atoms with Crippen LogP contribution < -0.4 is 0 Å². The first kappa shape index (κ1) is 21.1. The summed E-state index contributed by atoms with van der Waals surface area (Å²) in [6.45, 7) is 9.79. The number of esters is 1. The molecule has 4 aliphatic carbocycles. The number of hydrogen-bond donors (Lipinski definition) is 0. The molecule has 0 radical (unpaired) electrons. The van der Waals surface area contributed by atoms with E-state index in [0.29, 0.717) is 30.1 Å². The van der Waals surface area contributed by atoms with Gasteiger partial charge in [-0.25, -0.2) is 0 Å². The molecule has 3 saturated carbocycles. The van der Waals surface area contributed by atoms with Gasteiger partial charge in [0.15, 0.2) is 5.78 Å². The van der Waals surface area contributed by atoms with E-state index >= 15 is 0 Å². The molecule has 3 fully saturated rings. The van der Waals surface area contributed by atoms with Crippen LogP contribution in [0.4, 0.5) is 0 Å². The zero-order valence-electron chi connectivity index (χ0n) is 19.0. The molecule has 0 aromatic carbocycles. The van der Waals surface area contributed by atoms with Crippen LogP contribution in [0.5, 0.6) is 0 Å². The molecule has 0 aliphatic heterocycles. The number of carbonyl (C=O) groups excluding carboxylic acids is 2. The van der Waals surface area contributed by atoms with Crippen LogP contribution in [0.1, 0.15) is 91.9 Å². The molecular formula is C26H40O3. The lowest BCUT2D eigenvalue weighted by molar-refractivity contribution is -0.143. The number of fused-ring (bicyclic) bond motifs is 5. The van der Waals surface area contributed by atoms with E-state index in [0.717, 1.165) is 49.4 Å². The van der Waals surface area contributed by atoms with Crippen molar-refractivity contribution in [1.29, 1.82) is 0 Å². The fourth-order valence-corrected chi connectivity index (χ4v) is 8.31. The van der Waals surface area contributed by atoms with Gasteiger partial charge >= 0.3 is 5.97 Å². The maximum absolute atomic E-state index is 12.0. The van der Waals surface area contributed by atoms with Gasteiger partial charge in [-0.15, -0.1) is 0 Å². The predicted molar refractivity (Wildman–Crippen MR) is 115 cm³/mol. The van der Waals surface area contributed by atoms with Crippen molar-refractivity contribution in [3.05, 3.63) is 11.6 Å². The molecule has 0 saturated heterocycles. The first-order chi connectivity index (χ1) is 13.8. The van der Waals surface area contributed by atoms with E-state index in [4.69, 9.17) is 4.74 Å². The summed E-state index contributed by atoms with van der Waals surface area (Å²) in [5.74, 6) is 4.07. The molecule has 4 rings (SSSR count). The molecule has 0 bridgehead atoms. The number of carbonyl (C=O) groups is 2. The van der Waals surface area contributed by atoms with Crippen LogP contribution >= 0.6 is 0 Å². The van der Waals surface area contributed by atoms with E-state index in [2.05, 4.69) is 20.8 Å². The maximum Gasteiger partial charge on any atom is 0.305 e. The highest BCUT2D eigenvalue weighted by Gasteiger charge is 2.59. The van der Waals surface area contributed by atoms with E-state index in [9.17, 15) is 9.59 Å². The Morgan fingerprint density at radius 2 is 1.93 bits per heavy atom. The Labute approximate surface area is 177 Å². The Balaban J connectivity index is 1.48. The maximum atomic E-state index is 12.0. The average Bonchev–Trinajstić information content (AvgIpc) is 3.04. The van der Waals surface area contributed by atoms with Crippen molar-refractivity contribution >= 4 is 11.8 Å². The Hall–Kier alpha value is -1.12. The minimum absolute atomic E-state index is 0.0332. The summed E-state index contributed by atoms with van der Waals surface area (Å²) in [5, 5.41) is 0. The van der Waals surface area contributed by atoms with E-state index in [1.807, 2.05) is 13.0 Å². The number of rotatable bonds is 5. The summed E-state index contributed by atoms with van der Waals surface area (Å²) < 4.78 is 5.16. The minimum atomic E-state index is -0.0332. The highest BCUT2D eigenvalue weighted by Crippen LogP contribution is 2.67. The van der Waals surface area contributed by atoms with Gasteiger partial charge in [0.25, 0.3) is 0 Å². The summed E-state index contributed by atoms with van der Waals surface area (Å²) in [7, 11) is 0. The van der Waals surface area contributed by atoms with E-state index < -0.39 is 0 Å². The van der Waals surface area contributed by atoms with Crippen molar-refractivity contribution in [3.63, 3.8) is 0 Å². The summed E-state index contributed by atoms with van der Waals surface area (Å²) in [6, 6.07) is 0. The number of allylic oxidation sites excluding steroid dienone is 1. The van der Waals surface area contributed by atoms with Crippen molar-refractivity contribution in [2.75, 3.05) is 6.61 Å². The molecule has 162 valence electrons. The third-order valence-electron chi connectivity index (χ3n) is 9.83. The third kappa shape index (κ3) is 3.51. The van der Waals surface area contributed by atoms with Crippen LogP contribution in [0.2, 0.25) is 0 Å². The van der Waals surface area contributed by atoms with Gasteiger partial charge in [-0.3, -0.25) is 9.59 Å². The smallest absolute Gasteiger partial charge is 0.305 e. The fourth-order valence-electron chi connectivity index (χ4n) is 8.31. The van der Waals surface area contributed by atoms with Crippen molar-refractivity contribution in [2.24, 2.45) is 40.4 Å². The zero-order valence-corrected chi connectivity index (χ0v) is 19.0. The van der Waals surface area contributed by atoms with Crippen molar-refractivity contribution in [3.8, 4) is 0 Å². The van der Waals surface area contributed by atoms with Gasteiger partial charge in [0, 0.05) is 12.8 Å². The molecule has 0 aromatic rings. The lowest BCUT2D eigenvalue weighted by atomic mass is 9.46. The predicted octanol–water partition coefficient (Wildman–Crippen LogP) is 6.11. The summed E-state index contributed by atoms with van der Waals surface area (Å²) in [6.07, 6.45) is 13.1. The minimum Gasteiger partial charge on any atom is -0.466 e. The van der Waals surface area contributed by atoms with Crippen LogP contribution in [0.25, 0.3) is 0 Å². The largest absolute Gasteiger partial charge is 0.466 e. The Kier molecular flexibility index (Phi) is 5.72. The topological polar surface area (TPSA) is 43.4 Å². The monoisotopic (exact) mass is 400 g/mol. The number of ether oxygens (including phenoxy) is 1. The Bertz CT molecular complexity index is 694.